The van der Waals surface area contributed by atoms with Crippen molar-refractivity contribution in [3.63, 3.8) is 0 Å². The van der Waals surface area contributed by atoms with Crippen LogP contribution in [0.1, 0.15) is 17.5 Å². The number of nitrogens with zero attached hydrogens (tertiary/aromatic N) is 3. The number of anilines is 2. The van der Waals surface area contributed by atoms with E-state index in [-0.39, 0.29) is 5.82 Å². The average Bonchev–Trinajstić information content (AvgIpc) is 2.84. The first kappa shape index (κ1) is 18.9. The summed E-state index contributed by atoms with van der Waals surface area (Å²) < 4.78 is 19.2. The van der Waals surface area contributed by atoms with Crippen molar-refractivity contribution in [1.29, 1.82) is 0 Å². The Balaban J connectivity index is 1.76. The fraction of sp³-hybridized carbons (Fsp3) is 0.409. The smallest absolute Gasteiger partial charge is 0.138 e. The number of benzene rings is 2. The lowest BCUT2D eigenvalue weighted by Crippen LogP contribution is -2.53. The van der Waals surface area contributed by atoms with Gasteiger partial charge in [0.1, 0.15) is 11.7 Å². The number of rotatable bonds is 3. The van der Waals surface area contributed by atoms with Gasteiger partial charge in [-0.05, 0) is 44.7 Å². The summed E-state index contributed by atoms with van der Waals surface area (Å²) in [4.78, 5) is 9.65. The number of hydrogen-bond donors (Lipinski definition) is 1. The van der Waals surface area contributed by atoms with Crippen molar-refractivity contribution in [1.82, 2.24) is 9.80 Å². The van der Waals surface area contributed by atoms with E-state index < -0.39 is 0 Å². The highest BCUT2D eigenvalue weighted by Gasteiger charge is 2.29. The molecule has 2 aliphatic rings. The van der Waals surface area contributed by atoms with Crippen LogP contribution in [0, 0.1) is 12.7 Å². The van der Waals surface area contributed by atoms with Gasteiger partial charge in [0, 0.05) is 56.7 Å². The molecule has 0 bridgehead atoms. The van der Waals surface area contributed by atoms with Gasteiger partial charge in [-0.2, -0.15) is 0 Å². The van der Waals surface area contributed by atoms with Crippen molar-refractivity contribution < 1.29 is 9.13 Å². The molecule has 0 aromatic heterocycles. The maximum atomic E-state index is 13.9. The number of halogens is 1. The molecule has 1 N–H and O–H groups in total. The number of piperazine rings is 1. The van der Waals surface area contributed by atoms with Crippen LogP contribution in [0.4, 0.5) is 21.5 Å². The minimum absolute atomic E-state index is 0.276. The van der Waals surface area contributed by atoms with E-state index in [0.717, 1.165) is 55.4 Å². The molecule has 28 heavy (non-hydrogen) atoms. The molecule has 0 unspecified atom stereocenters. The number of likely N-dealkylation sites (N-methyl/N-ethyl adjacent to an activating group) is 1. The van der Waals surface area contributed by atoms with Crippen molar-refractivity contribution in [2.75, 3.05) is 45.7 Å². The average molecular weight is 382 g/mol. The molecule has 2 aromatic carbocycles. The minimum Gasteiger partial charge on any atom is -0.385 e. The second-order valence-electron chi connectivity index (χ2n) is 7.63. The zero-order chi connectivity index (χ0) is 19.7. The molecule has 2 aromatic rings. The van der Waals surface area contributed by atoms with Crippen molar-refractivity contribution in [3.05, 3.63) is 53.3 Å². The van der Waals surface area contributed by atoms with E-state index in [1.54, 1.807) is 13.2 Å². The number of nitrogens with one attached hydrogen (secondary N) is 1. The third kappa shape index (κ3) is 3.75. The van der Waals surface area contributed by atoms with E-state index in [1.165, 1.54) is 17.7 Å². The molecule has 1 atom stereocenters. The Bertz CT molecular complexity index is 898. The fourth-order valence-corrected chi connectivity index (χ4v) is 3.92. The van der Waals surface area contributed by atoms with Crippen LogP contribution in [0.5, 0.6) is 0 Å². The van der Waals surface area contributed by atoms with Crippen molar-refractivity contribution in [2.24, 2.45) is 4.99 Å². The molecule has 0 radical (unpaired) electrons. The van der Waals surface area contributed by atoms with Gasteiger partial charge < -0.3 is 15.0 Å². The molecule has 6 heteroatoms. The SMILES string of the molecule is COCC[C@H]1CN(C2=Nc3cc(F)ccc3Nc3ccc(C)cc32)CCN1C. The largest absolute Gasteiger partial charge is 0.385 e. The minimum atomic E-state index is -0.276. The summed E-state index contributed by atoms with van der Waals surface area (Å²) in [7, 11) is 3.91. The Morgan fingerprint density at radius 2 is 2.00 bits per heavy atom. The highest BCUT2D eigenvalue weighted by molar-refractivity contribution is 6.07. The maximum absolute atomic E-state index is 13.9. The van der Waals surface area contributed by atoms with E-state index in [1.807, 2.05) is 0 Å². The normalized spacial score (nSPS) is 19.4. The molecule has 5 nitrogen and oxygen atoms in total. The summed E-state index contributed by atoms with van der Waals surface area (Å²) >= 11 is 0. The van der Waals surface area contributed by atoms with Gasteiger partial charge in [0.15, 0.2) is 0 Å². The molecule has 4 rings (SSSR count). The van der Waals surface area contributed by atoms with Gasteiger partial charge in [-0.1, -0.05) is 11.6 Å². The van der Waals surface area contributed by atoms with Crippen LogP contribution in [-0.2, 0) is 4.74 Å². The van der Waals surface area contributed by atoms with Crippen molar-refractivity contribution >= 4 is 22.9 Å². The van der Waals surface area contributed by atoms with Crippen molar-refractivity contribution in [3.8, 4) is 0 Å². The zero-order valence-electron chi connectivity index (χ0n) is 16.7. The maximum Gasteiger partial charge on any atom is 0.138 e. The number of methoxy groups -OCH3 is 1. The number of aryl methyl sites for hydroxylation is 1. The van der Waals surface area contributed by atoms with E-state index >= 15 is 0 Å². The highest BCUT2D eigenvalue weighted by Crippen LogP contribution is 2.36. The molecule has 0 saturated carbocycles. The summed E-state index contributed by atoms with van der Waals surface area (Å²) in [6.07, 6.45) is 0.973. The Morgan fingerprint density at radius 1 is 1.18 bits per heavy atom. The van der Waals surface area contributed by atoms with Crippen LogP contribution in [0.3, 0.4) is 0 Å². The predicted octanol–water partition coefficient (Wildman–Crippen LogP) is 3.92. The summed E-state index contributed by atoms with van der Waals surface area (Å²) in [5, 5.41) is 3.44. The van der Waals surface area contributed by atoms with Crippen LogP contribution in [-0.4, -0.2) is 62.1 Å². The molecule has 148 valence electrons. The van der Waals surface area contributed by atoms with Gasteiger partial charge in [0.25, 0.3) is 0 Å². The summed E-state index contributed by atoms with van der Waals surface area (Å²) in [5.41, 5.74) is 4.70. The van der Waals surface area contributed by atoms with Gasteiger partial charge in [-0.15, -0.1) is 0 Å². The highest BCUT2D eigenvalue weighted by atomic mass is 19.1. The number of ether oxygens (including phenoxy) is 1. The first-order valence-corrected chi connectivity index (χ1v) is 9.75. The lowest BCUT2D eigenvalue weighted by molar-refractivity contribution is 0.100. The predicted molar refractivity (Wildman–Crippen MR) is 112 cm³/mol. The lowest BCUT2D eigenvalue weighted by Gasteiger charge is -2.41. The standard InChI is InChI=1S/C22H27FN4O/c1-15-4-6-19-18(12-15)22(25-21-13-16(23)5-7-20(21)24-19)27-10-9-26(2)17(14-27)8-11-28-3/h4-7,12-13,17,24H,8-11,14H2,1-3H3/t17-/m0/s1. The van der Waals surface area contributed by atoms with Gasteiger partial charge in [-0.3, -0.25) is 4.90 Å². The van der Waals surface area contributed by atoms with Gasteiger partial charge in [0.05, 0.1) is 11.4 Å². The molecule has 2 aliphatic heterocycles. The van der Waals surface area contributed by atoms with Gasteiger partial charge >= 0.3 is 0 Å². The van der Waals surface area contributed by atoms with E-state index in [2.05, 4.69) is 47.3 Å². The molecule has 0 aliphatic carbocycles. The monoisotopic (exact) mass is 382 g/mol. The fourth-order valence-electron chi connectivity index (χ4n) is 3.92. The van der Waals surface area contributed by atoms with Gasteiger partial charge in [-0.25, -0.2) is 9.38 Å². The topological polar surface area (TPSA) is 40.1 Å². The quantitative estimate of drug-likeness (QED) is 0.873. The second kappa shape index (κ2) is 7.89. The van der Waals surface area contributed by atoms with E-state index in [9.17, 15) is 4.39 Å². The van der Waals surface area contributed by atoms with E-state index in [4.69, 9.17) is 9.73 Å². The molecule has 2 heterocycles. The first-order valence-electron chi connectivity index (χ1n) is 9.75. The Hall–Kier alpha value is -2.44. The summed E-state index contributed by atoms with van der Waals surface area (Å²) in [5.74, 6) is 0.633. The number of fused-ring (bicyclic) bond motifs is 2. The van der Waals surface area contributed by atoms with Gasteiger partial charge in [0.2, 0.25) is 0 Å². The van der Waals surface area contributed by atoms with Crippen LogP contribution in [0.25, 0.3) is 0 Å². The lowest BCUT2D eigenvalue weighted by atomic mass is 10.0. The molecule has 1 saturated heterocycles. The number of amidine groups is 1. The van der Waals surface area contributed by atoms with Crippen LogP contribution in [0.2, 0.25) is 0 Å². The number of aliphatic imine (C=N–C) groups is 1. The van der Waals surface area contributed by atoms with E-state index in [0.29, 0.717) is 11.7 Å². The molecular formula is C22H27FN4O. The van der Waals surface area contributed by atoms with Crippen LogP contribution < -0.4 is 5.32 Å². The van der Waals surface area contributed by atoms with Crippen molar-refractivity contribution in [2.45, 2.75) is 19.4 Å². The first-order chi connectivity index (χ1) is 13.5. The summed E-state index contributed by atoms with van der Waals surface area (Å²) in [6.45, 7) is 5.53. The Kier molecular flexibility index (Phi) is 5.33. The third-order valence-electron chi connectivity index (χ3n) is 5.60. The molecular weight excluding hydrogens is 355 g/mol. The Labute approximate surface area is 165 Å². The second-order valence-corrected chi connectivity index (χ2v) is 7.63. The third-order valence-corrected chi connectivity index (χ3v) is 5.60. The summed E-state index contributed by atoms with van der Waals surface area (Å²) in [6, 6.07) is 11.4. The Morgan fingerprint density at radius 3 is 2.82 bits per heavy atom. The number of hydrogen-bond acceptors (Lipinski definition) is 5. The van der Waals surface area contributed by atoms with Crippen LogP contribution in [0.15, 0.2) is 41.4 Å². The molecule has 1 fully saturated rings. The molecule has 0 amide bonds. The van der Waals surface area contributed by atoms with Crippen LogP contribution >= 0.6 is 0 Å². The molecule has 0 spiro atoms. The zero-order valence-corrected chi connectivity index (χ0v) is 16.7.